The van der Waals surface area contributed by atoms with Gasteiger partial charge in [-0.3, -0.25) is 9.48 Å². The summed E-state index contributed by atoms with van der Waals surface area (Å²) in [6.45, 7) is 1.80. The number of carbonyl (C=O) groups is 1. The summed E-state index contributed by atoms with van der Waals surface area (Å²) in [6, 6.07) is 1.84. The number of aromatic nitrogens is 2. The molecule has 1 amide bonds. The molecular formula is C11H17N5O. The summed E-state index contributed by atoms with van der Waals surface area (Å²) in [5, 5.41) is 9.58. The van der Waals surface area contributed by atoms with E-state index in [-0.39, 0.29) is 11.8 Å². The van der Waals surface area contributed by atoms with E-state index in [9.17, 15) is 4.79 Å². The largest absolute Gasteiger partial charge is 0.359 e. The minimum atomic E-state index is -0.188. The summed E-state index contributed by atoms with van der Waals surface area (Å²) < 4.78 is 1.69. The first kappa shape index (κ1) is 13.0. The Labute approximate surface area is 100 Å². The molecule has 0 spiro atoms. The number of carbonyl (C=O) groups excluding carboxylic acids is 1. The molecule has 0 aliphatic carbocycles. The number of anilines is 1. The molecule has 1 heterocycles. The van der Waals surface area contributed by atoms with Crippen molar-refractivity contribution in [1.82, 2.24) is 15.1 Å². The van der Waals surface area contributed by atoms with Crippen molar-refractivity contribution >= 4 is 18.1 Å². The van der Waals surface area contributed by atoms with Crippen molar-refractivity contribution in [3.8, 4) is 0 Å². The Balaban J connectivity index is 2.35. The predicted molar refractivity (Wildman–Crippen MR) is 67.7 cm³/mol. The van der Waals surface area contributed by atoms with Gasteiger partial charge in [-0.15, -0.1) is 0 Å². The molecule has 1 aromatic rings. The fourth-order valence-corrected chi connectivity index (χ4v) is 1.13. The molecule has 0 saturated carbocycles. The quantitative estimate of drug-likeness (QED) is 0.584. The van der Waals surface area contributed by atoms with E-state index in [0.717, 1.165) is 5.82 Å². The van der Waals surface area contributed by atoms with Gasteiger partial charge in [-0.05, 0) is 0 Å². The van der Waals surface area contributed by atoms with Crippen LogP contribution in [0.25, 0.3) is 0 Å². The molecule has 17 heavy (non-hydrogen) atoms. The highest BCUT2D eigenvalue weighted by molar-refractivity contribution is 5.79. The molecular weight excluding hydrogens is 218 g/mol. The first-order valence-corrected chi connectivity index (χ1v) is 5.29. The topological polar surface area (TPSA) is 71.3 Å². The molecule has 92 valence electrons. The minimum Gasteiger partial charge on any atom is -0.359 e. The maximum atomic E-state index is 11.2. The van der Waals surface area contributed by atoms with E-state index in [4.69, 9.17) is 0 Å². The van der Waals surface area contributed by atoms with Gasteiger partial charge < -0.3 is 10.6 Å². The lowest BCUT2D eigenvalue weighted by Crippen LogP contribution is -2.23. The van der Waals surface area contributed by atoms with E-state index >= 15 is 0 Å². The van der Waals surface area contributed by atoms with Gasteiger partial charge in [0.2, 0.25) is 5.91 Å². The molecule has 0 saturated heterocycles. The molecule has 2 N–H and O–H groups in total. The molecule has 6 nitrogen and oxygen atoms in total. The maximum absolute atomic E-state index is 11.2. The van der Waals surface area contributed by atoms with Gasteiger partial charge in [0, 0.05) is 32.6 Å². The standard InChI is InChI=1S/C11H17N5O/c1-9(11(17)12-2)4-6-13-8-14-10-5-7-16(3)15-10/h4-9H,1-3H3,(H,12,17)(H,13,14,15)/b6-4-. The van der Waals surface area contributed by atoms with Gasteiger partial charge in [-0.1, -0.05) is 13.0 Å². The van der Waals surface area contributed by atoms with Gasteiger partial charge in [-0.2, -0.15) is 5.10 Å². The molecule has 1 atom stereocenters. The van der Waals surface area contributed by atoms with E-state index in [1.165, 1.54) is 6.34 Å². The second-order valence-electron chi connectivity index (χ2n) is 3.54. The smallest absolute Gasteiger partial charge is 0.226 e. The number of amides is 1. The molecule has 0 bridgehead atoms. The van der Waals surface area contributed by atoms with Crippen LogP contribution < -0.4 is 10.6 Å². The number of hydrogen-bond donors (Lipinski definition) is 2. The third-order valence-corrected chi connectivity index (χ3v) is 2.12. The van der Waals surface area contributed by atoms with Crippen LogP contribution in [0.15, 0.2) is 29.5 Å². The van der Waals surface area contributed by atoms with Crippen LogP contribution >= 0.6 is 0 Å². The fraction of sp³-hybridized carbons (Fsp3) is 0.364. The van der Waals surface area contributed by atoms with Gasteiger partial charge >= 0.3 is 0 Å². The van der Waals surface area contributed by atoms with Gasteiger partial charge in [0.1, 0.15) is 0 Å². The second-order valence-corrected chi connectivity index (χ2v) is 3.54. The molecule has 6 heteroatoms. The maximum Gasteiger partial charge on any atom is 0.226 e. The monoisotopic (exact) mass is 235 g/mol. The van der Waals surface area contributed by atoms with Crippen molar-refractivity contribution in [2.75, 3.05) is 12.4 Å². The van der Waals surface area contributed by atoms with Gasteiger partial charge in [-0.25, -0.2) is 4.99 Å². The average Bonchev–Trinajstić information content (AvgIpc) is 2.73. The van der Waals surface area contributed by atoms with E-state index in [1.54, 1.807) is 30.9 Å². The SMILES string of the molecule is CNC(=O)C(C)/C=C\N=C\Nc1ccn(C)n1. The minimum absolute atomic E-state index is 0.0332. The highest BCUT2D eigenvalue weighted by atomic mass is 16.1. The van der Waals surface area contributed by atoms with Crippen molar-refractivity contribution in [3.05, 3.63) is 24.5 Å². The number of nitrogens with one attached hydrogen (secondary N) is 2. The van der Waals surface area contributed by atoms with Crippen molar-refractivity contribution in [1.29, 1.82) is 0 Å². The van der Waals surface area contributed by atoms with Gasteiger partial charge in [0.25, 0.3) is 0 Å². The number of nitrogens with zero attached hydrogens (tertiary/aromatic N) is 3. The Morgan fingerprint density at radius 3 is 3.00 bits per heavy atom. The lowest BCUT2D eigenvalue weighted by Gasteiger charge is -2.01. The molecule has 0 fully saturated rings. The van der Waals surface area contributed by atoms with E-state index in [2.05, 4.69) is 20.7 Å². The summed E-state index contributed by atoms with van der Waals surface area (Å²) in [5.74, 6) is 0.505. The fourth-order valence-electron chi connectivity index (χ4n) is 1.13. The van der Waals surface area contributed by atoms with Crippen LogP contribution in [0.5, 0.6) is 0 Å². The van der Waals surface area contributed by atoms with Crippen LogP contribution in [0, 0.1) is 5.92 Å². The third-order valence-electron chi connectivity index (χ3n) is 2.12. The zero-order valence-electron chi connectivity index (χ0n) is 10.2. The Morgan fingerprint density at radius 2 is 2.41 bits per heavy atom. The molecule has 0 aliphatic heterocycles. The molecule has 1 unspecified atom stereocenters. The number of hydrogen-bond acceptors (Lipinski definition) is 3. The Morgan fingerprint density at radius 1 is 1.65 bits per heavy atom. The van der Waals surface area contributed by atoms with Crippen molar-refractivity contribution in [2.24, 2.45) is 18.0 Å². The summed E-state index contributed by atoms with van der Waals surface area (Å²) in [4.78, 5) is 15.1. The number of aliphatic imine (C=N–C) groups is 1. The van der Waals surface area contributed by atoms with Gasteiger partial charge in [0.05, 0.1) is 12.3 Å². The van der Waals surface area contributed by atoms with Crippen molar-refractivity contribution < 1.29 is 4.79 Å². The predicted octanol–water partition coefficient (Wildman–Crippen LogP) is 0.756. The first-order chi connectivity index (χ1) is 8.13. The average molecular weight is 235 g/mol. The van der Waals surface area contributed by atoms with Crippen molar-refractivity contribution in [3.63, 3.8) is 0 Å². The third kappa shape index (κ3) is 4.50. The molecule has 0 aromatic carbocycles. The zero-order valence-corrected chi connectivity index (χ0v) is 10.2. The highest BCUT2D eigenvalue weighted by Crippen LogP contribution is 1.99. The lowest BCUT2D eigenvalue weighted by molar-refractivity contribution is -0.122. The van der Waals surface area contributed by atoms with Crippen LogP contribution in [0.2, 0.25) is 0 Å². The van der Waals surface area contributed by atoms with Crippen LogP contribution in [0.3, 0.4) is 0 Å². The number of rotatable bonds is 5. The molecule has 0 radical (unpaired) electrons. The molecule has 1 rings (SSSR count). The van der Waals surface area contributed by atoms with Crippen LogP contribution in [-0.4, -0.2) is 29.1 Å². The molecule has 0 aliphatic rings. The Kier molecular flexibility index (Phi) is 4.93. The van der Waals surface area contributed by atoms with E-state index < -0.39 is 0 Å². The van der Waals surface area contributed by atoms with Crippen LogP contribution in [-0.2, 0) is 11.8 Å². The number of aryl methyl sites for hydroxylation is 1. The first-order valence-electron chi connectivity index (χ1n) is 5.29. The van der Waals surface area contributed by atoms with Crippen LogP contribution in [0.4, 0.5) is 5.82 Å². The summed E-state index contributed by atoms with van der Waals surface area (Å²) in [7, 11) is 3.45. The lowest BCUT2D eigenvalue weighted by atomic mass is 10.2. The van der Waals surface area contributed by atoms with Crippen molar-refractivity contribution in [2.45, 2.75) is 6.92 Å². The second kappa shape index (κ2) is 6.47. The summed E-state index contributed by atoms with van der Waals surface area (Å²) >= 11 is 0. The zero-order chi connectivity index (χ0) is 12.7. The van der Waals surface area contributed by atoms with E-state index in [0.29, 0.717) is 0 Å². The molecule has 1 aromatic heterocycles. The highest BCUT2D eigenvalue weighted by Gasteiger charge is 2.04. The van der Waals surface area contributed by atoms with E-state index in [1.807, 2.05) is 19.3 Å². The summed E-state index contributed by atoms with van der Waals surface area (Å²) in [6.07, 6.45) is 6.65. The van der Waals surface area contributed by atoms with Crippen LogP contribution in [0.1, 0.15) is 6.92 Å². The summed E-state index contributed by atoms with van der Waals surface area (Å²) in [5.41, 5.74) is 0. The normalized spacial score (nSPS) is 13.1. The van der Waals surface area contributed by atoms with Gasteiger partial charge in [0.15, 0.2) is 5.82 Å². The Bertz CT molecular complexity index is 421. The Hall–Kier alpha value is -2.11.